The topological polar surface area (TPSA) is 94.0 Å². The number of rotatable bonds is 8. The number of nitrogens with zero attached hydrogens (tertiary/aromatic N) is 3. The molecule has 0 saturated heterocycles. The summed E-state index contributed by atoms with van der Waals surface area (Å²) in [5.41, 5.74) is 4.55. The van der Waals surface area contributed by atoms with Crippen molar-refractivity contribution < 1.29 is 9.90 Å². The first kappa shape index (κ1) is 15.6. The molecule has 0 fully saturated rings. The maximum Gasteiger partial charge on any atom is 0.323 e. The van der Waals surface area contributed by atoms with Crippen LogP contribution in [0.5, 0.6) is 0 Å². The number of unbranched alkanes of at least 4 members (excludes halogenated alkanes) is 1. The molecule has 0 aromatic carbocycles. The molecule has 0 amide bonds. The number of hydrogen-bond acceptors (Lipinski definition) is 4. The van der Waals surface area contributed by atoms with Gasteiger partial charge in [-0.1, -0.05) is 13.8 Å². The summed E-state index contributed by atoms with van der Waals surface area (Å²) in [6.45, 7) is 6.41. The molecule has 0 radical (unpaired) electrons. The highest BCUT2D eigenvalue weighted by Gasteiger charge is 2.26. The van der Waals surface area contributed by atoms with Gasteiger partial charge >= 0.3 is 5.97 Å². The van der Waals surface area contributed by atoms with E-state index < -0.39 is 11.5 Å². The molecule has 19 heavy (non-hydrogen) atoms. The van der Waals surface area contributed by atoms with Crippen LogP contribution in [-0.4, -0.2) is 31.4 Å². The zero-order valence-electron chi connectivity index (χ0n) is 12.0. The Kier molecular flexibility index (Phi) is 5.47. The fourth-order valence-corrected chi connectivity index (χ4v) is 1.88. The van der Waals surface area contributed by atoms with Crippen LogP contribution in [0.1, 0.15) is 51.7 Å². The largest absolute Gasteiger partial charge is 0.480 e. The molecule has 108 valence electrons. The molecule has 0 saturated carbocycles. The summed E-state index contributed by atoms with van der Waals surface area (Å²) in [6.07, 6.45) is 3.79. The van der Waals surface area contributed by atoms with Gasteiger partial charge in [0.1, 0.15) is 11.4 Å². The fourth-order valence-electron chi connectivity index (χ4n) is 1.88. The highest BCUT2D eigenvalue weighted by atomic mass is 16.4. The number of carboxylic acid groups (broad SMARTS) is 1. The molecule has 6 nitrogen and oxygen atoms in total. The lowest BCUT2D eigenvalue weighted by Crippen LogP contribution is -2.44. The first-order valence-corrected chi connectivity index (χ1v) is 6.85. The third-order valence-electron chi connectivity index (χ3n) is 3.23. The average Bonchev–Trinajstić information content (AvgIpc) is 2.77. The van der Waals surface area contributed by atoms with E-state index in [0.717, 1.165) is 43.9 Å². The van der Waals surface area contributed by atoms with Crippen LogP contribution >= 0.6 is 0 Å². The van der Waals surface area contributed by atoms with Crippen LogP contribution in [0.25, 0.3) is 0 Å². The van der Waals surface area contributed by atoms with Gasteiger partial charge in [-0.3, -0.25) is 4.79 Å². The lowest BCUT2D eigenvalue weighted by molar-refractivity contribution is -0.142. The van der Waals surface area contributed by atoms with Crippen LogP contribution in [0.15, 0.2) is 0 Å². The number of nitrogens with two attached hydrogens (primary N) is 1. The molecule has 1 atom stereocenters. The van der Waals surface area contributed by atoms with Crippen LogP contribution in [0.3, 0.4) is 0 Å². The molecule has 1 aromatic rings. The smallest absolute Gasteiger partial charge is 0.323 e. The van der Waals surface area contributed by atoms with Crippen LogP contribution < -0.4 is 5.73 Å². The van der Waals surface area contributed by atoms with Gasteiger partial charge in [0, 0.05) is 19.4 Å². The second-order valence-electron chi connectivity index (χ2n) is 5.05. The van der Waals surface area contributed by atoms with E-state index in [0.29, 0.717) is 6.42 Å². The molecule has 1 aromatic heterocycles. The van der Waals surface area contributed by atoms with Gasteiger partial charge in [-0.05, 0) is 26.2 Å². The molecule has 0 aliphatic heterocycles. The van der Waals surface area contributed by atoms with Crippen molar-refractivity contribution in [2.45, 2.75) is 65.0 Å². The molecule has 1 heterocycles. The quantitative estimate of drug-likeness (QED) is 0.694. The van der Waals surface area contributed by atoms with E-state index in [4.69, 9.17) is 10.8 Å². The Morgan fingerprint density at radius 2 is 2.05 bits per heavy atom. The van der Waals surface area contributed by atoms with Crippen LogP contribution in [-0.2, 0) is 24.2 Å². The Morgan fingerprint density at radius 3 is 2.58 bits per heavy atom. The minimum absolute atomic E-state index is 0.471. The molecule has 0 bridgehead atoms. The Morgan fingerprint density at radius 1 is 1.37 bits per heavy atom. The van der Waals surface area contributed by atoms with Crippen molar-refractivity contribution in [1.29, 1.82) is 0 Å². The lowest BCUT2D eigenvalue weighted by Gasteiger charge is -2.18. The van der Waals surface area contributed by atoms with E-state index in [2.05, 4.69) is 17.0 Å². The van der Waals surface area contributed by atoms with Crippen LogP contribution in [0.2, 0.25) is 0 Å². The van der Waals surface area contributed by atoms with E-state index in [1.54, 1.807) is 6.92 Å². The number of carboxylic acids is 1. The van der Waals surface area contributed by atoms with Crippen LogP contribution in [0.4, 0.5) is 0 Å². The fraction of sp³-hybridized carbons (Fsp3) is 0.769. The summed E-state index contributed by atoms with van der Waals surface area (Å²) in [5.74, 6) is 0.910. The Hall–Kier alpha value is -1.43. The minimum atomic E-state index is -1.13. The van der Waals surface area contributed by atoms with E-state index in [1.807, 2.05) is 11.6 Å². The maximum atomic E-state index is 10.9. The first-order valence-electron chi connectivity index (χ1n) is 6.85. The van der Waals surface area contributed by atoms with Gasteiger partial charge in [0.05, 0.1) is 0 Å². The van der Waals surface area contributed by atoms with Gasteiger partial charge in [-0.2, -0.15) is 5.10 Å². The van der Waals surface area contributed by atoms with E-state index in [-0.39, 0.29) is 0 Å². The summed E-state index contributed by atoms with van der Waals surface area (Å²) < 4.78 is 1.92. The zero-order valence-corrected chi connectivity index (χ0v) is 12.0. The van der Waals surface area contributed by atoms with E-state index in [1.165, 1.54) is 0 Å². The van der Waals surface area contributed by atoms with Crippen molar-refractivity contribution in [2.24, 2.45) is 5.73 Å². The number of hydrogen-bond donors (Lipinski definition) is 2. The summed E-state index contributed by atoms with van der Waals surface area (Å²) in [7, 11) is 0. The molecular formula is C13H24N4O2. The van der Waals surface area contributed by atoms with Crippen molar-refractivity contribution in [3.05, 3.63) is 11.6 Å². The predicted molar refractivity (Wildman–Crippen MR) is 72.9 cm³/mol. The minimum Gasteiger partial charge on any atom is -0.480 e. The summed E-state index contributed by atoms with van der Waals surface area (Å²) in [5, 5.41) is 13.3. The SMILES string of the molecule is CCc1nc(CC)n(CCCCC(C)(N)C(=O)O)n1. The Labute approximate surface area is 114 Å². The molecule has 0 aliphatic carbocycles. The average molecular weight is 268 g/mol. The first-order chi connectivity index (χ1) is 8.90. The summed E-state index contributed by atoms with van der Waals surface area (Å²) in [4.78, 5) is 15.3. The van der Waals surface area contributed by atoms with Gasteiger partial charge in [0.25, 0.3) is 0 Å². The van der Waals surface area contributed by atoms with Crippen LogP contribution in [0, 0.1) is 0 Å². The van der Waals surface area contributed by atoms with Gasteiger partial charge in [-0.15, -0.1) is 0 Å². The standard InChI is InChI=1S/C13H24N4O2/c1-4-10-15-11(5-2)17(16-10)9-7-6-8-13(3,14)12(18)19/h4-9,14H2,1-3H3,(H,18,19). The molecule has 0 aliphatic rings. The third kappa shape index (κ3) is 4.31. The van der Waals surface area contributed by atoms with Crippen molar-refractivity contribution >= 4 is 5.97 Å². The van der Waals surface area contributed by atoms with Crippen molar-refractivity contribution in [1.82, 2.24) is 14.8 Å². The number of aliphatic carboxylic acids is 1. The summed E-state index contributed by atoms with van der Waals surface area (Å²) in [6, 6.07) is 0. The maximum absolute atomic E-state index is 10.9. The second-order valence-corrected chi connectivity index (χ2v) is 5.05. The van der Waals surface area contributed by atoms with Crippen molar-refractivity contribution in [3.63, 3.8) is 0 Å². The number of aryl methyl sites for hydroxylation is 3. The summed E-state index contributed by atoms with van der Waals surface area (Å²) >= 11 is 0. The molecule has 1 rings (SSSR count). The molecule has 3 N–H and O–H groups in total. The number of aromatic nitrogens is 3. The van der Waals surface area contributed by atoms with Gasteiger partial charge in [0.2, 0.25) is 0 Å². The molecule has 6 heteroatoms. The van der Waals surface area contributed by atoms with Crippen molar-refractivity contribution in [2.75, 3.05) is 0 Å². The molecular weight excluding hydrogens is 244 g/mol. The second kappa shape index (κ2) is 6.65. The lowest BCUT2D eigenvalue weighted by atomic mass is 9.96. The Bertz CT molecular complexity index is 426. The predicted octanol–water partition coefficient (Wildman–Crippen LogP) is 1.38. The van der Waals surface area contributed by atoms with Crippen molar-refractivity contribution in [3.8, 4) is 0 Å². The zero-order chi connectivity index (χ0) is 14.5. The van der Waals surface area contributed by atoms with E-state index >= 15 is 0 Å². The number of carbonyl (C=O) groups is 1. The molecule has 0 spiro atoms. The normalized spacial score (nSPS) is 14.3. The Balaban J connectivity index is 2.45. The third-order valence-corrected chi connectivity index (χ3v) is 3.23. The van der Waals surface area contributed by atoms with Gasteiger partial charge in [-0.25, -0.2) is 9.67 Å². The van der Waals surface area contributed by atoms with Gasteiger partial charge < -0.3 is 10.8 Å². The monoisotopic (exact) mass is 268 g/mol. The van der Waals surface area contributed by atoms with Gasteiger partial charge in [0.15, 0.2) is 5.82 Å². The van der Waals surface area contributed by atoms with E-state index in [9.17, 15) is 4.79 Å². The highest BCUT2D eigenvalue weighted by Crippen LogP contribution is 2.12. The molecule has 1 unspecified atom stereocenters. The highest BCUT2D eigenvalue weighted by molar-refractivity contribution is 5.77.